The minimum Gasteiger partial charge on any atom is -0.478 e. The summed E-state index contributed by atoms with van der Waals surface area (Å²) in [5, 5.41) is 11.8. The van der Waals surface area contributed by atoms with E-state index >= 15 is 0 Å². The maximum Gasteiger partial charge on any atom is 0.332 e. The highest BCUT2D eigenvalue weighted by atomic mass is 16.4. The van der Waals surface area contributed by atoms with Gasteiger partial charge in [0.25, 0.3) is 0 Å². The molecule has 2 unspecified atom stereocenters. The van der Waals surface area contributed by atoms with Crippen LogP contribution in [0.4, 0.5) is 0 Å². The SMILES string of the molecule is C=C(CNC1CCC(C)C1)C(=O)O. The summed E-state index contributed by atoms with van der Waals surface area (Å²) in [5.41, 5.74) is 0.250. The smallest absolute Gasteiger partial charge is 0.332 e. The number of nitrogens with one attached hydrogen (secondary N) is 1. The number of carboxylic acid groups (broad SMARTS) is 1. The highest BCUT2D eigenvalue weighted by Crippen LogP contribution is 2.24. The van der Waals surface area contributed by atoms with Crippen molar-refractivity contribution in [3.05, 3.63) is 12.2 Å². The summed E-state index contributed by atoms with van der Waals surface area (Å²) in [6, 6.07) is 0.492. The van der Waals surface area contributed by atoms with Crippen molar-refractivity contribution < 1.29 is 9.90 Å². The first-order valence-corrected chi connectivity index (χ1v) is 4.74. The van der Waals surface area contributed by atoms with Gasteiger partial charge in [-0.1, -0.05) is 13.5 Å². The zero-order valence-corrected chi connectivity index (χ0v) is 8.05. The predicted octanol–water partition coefficient (Wildman–Crippen LogP) is 1.41. The molecule has 0 saturated heterocycles. The Kier molecular flexibility index (Phi) is 3.48. The molecule has 0 bridgehead atoms. The molecule has 0 amide bonds. The molecule has 0 aromatic heterocycles. The van der Waals surface area contributed by atoms with E-state index in [1.807, 2.05) is 0 Å². The highest BCUT2D eigenvalue weighted by Gasteiger charge is 2.20. The summed E-state index contributed by atoms with van der Waals surface area (Å²) in [4.78, 5) is 10.4. The van der Waals surface area contributed by atoms with Crippen molar-refractivity contribution in [2.45, 2.75) is 32.2 Å². The number of hydrogen-bond acceptors (Lipinski definition) is 2. The fourth-order valence-corrected chi connectivity index (χ4v) is 1.74. The average Bonchev–Trinajstić information content (AvgIpc) is 2.47. The summed E-state index contributed by atoms with van der Waals surface area (Å²) in [7, 11) is 0. The van der Waals surface area contributed by atoms with Crippen LogP contribution >= 0.6 is 0 Å². The third-order valence-electron chi connectivity index (χ3n) is 2.60. The van der Waals surface area contributed by atoms with Gasteiger partial charge in [-0.3, -0.25) is 0 Å². The Labute approximate surface area is 78.8 Å². The van der Waals surface area contributed by atoms with Gasteiger partial charge in [0.1, 0.15) is 0 Å². The van der Waals surface area contributed by atoms with Gasteiger partial charge in [0.15, 0.2) is 0 Å². The number of carboxylic acids is 1. The molecule has 74 valence electrons. The summed E-state index contributed by atoms with van der Waals surface area (Å²) >= 11 is 0. The van der Waals surface area contributed by atoms with Gasteiger partial charge in [0, 0.05) is 18.2 Å². The first-order chi connectivity index (χ1) is 6.09. The highest BCUT2D eigenvalue weighted by molar-refractivity contribution is 5.86. The molecule has 0 aromatic rings. The molecular formula is C10H17NO2. The number of carbonyl (C=O) groups is 1. The van der Waals surface area contributed by atoms with Gasteiger partial charge in [-0.05, 0) is 25.2 Å². The molecule has 0 spiro atoms. The monoisotopic (exact) mass is 183 g/mol. The topological polar surface area (TPSA) is 49.3 Å². The van der Waals surface area contributed by atoms with Gasteiger partial charge >= 0.3 is 5.97 Å². The molecule has 1 rings (SSSR count). The van der Waals surface area contributed by atoms with E-state index in [-0.39, 0.29) is 5.57 Å². The molecule has 3 heteroatoms. The molecule has 3 nitrogen and oxygen atoms in total. The Balaban J connectivity index is 2.20. The lowest BCUT2D eigenvalue weighted by Gasteiger charge is -2.11. The minimum atomic E-state index is -0.904. The lowest BCUT2D eigenvalue weighted by molar-refractivity contribution is -0.132. The zero-order valence-electron chi connectivity index (χ0n) is 8.05. The Morgan fingerprint density at radius 1 is 1.62 bits per heavy atom. The fraction of sp³-hybridized carbons (Fsp3) is 0.700. The molecule has 1 aliphatic carbocycles. The average molecular weight is 183 g/mol. The molecule has 2 N–H and O–H groups in total. The Morgan fingerprint density at radius 3 is 2.77 bits per heavy atom. The molecular weight excluding hydrogens is 166 g/mol. The molecule has 0 radical (unpaired) electrons. The van der Waals surface area contributed by atoms with E-state index in [1.165, 1.54) is 6.42 Å². The summed E-state index contributed by atoms with van der Waals surface area (Å²) in [6.07, 6.45) is 3.57. The second kappa shape index (κ2) is 4.42. The van der Waals surface area contributed by atoms with Gasteiger partial charge in [-0.15, -0.1) is 0 Å². The van der Waals surface area contributed by atoms with Crippen LogP contribution in [0.25, 0.3) is 0 Å². The first kappa shape index (κ1) is 10.3. The van der Waals surface area contributed by atoms with E-state index in [1.54, 1.807) is 0 Å². The van der Waals surface area contributed by atoms with E-state index in [0.717, 1.165) is 18.8 Å². The van der Waals surface area contributed by atoms with Crippen molar-refractivity contribution in [2.24, 2.45) is 5.92 Å². The van der Waals surface area contributed by atoms with Crippen LogP contribution in [0, 0.1) is 5.92 Å². The van der Waals surface area contributed by atoms with Crippen molar-refractivity contribution in [3.63, 3.8) is 0 Å². The van der Waals surface area contributed by atoms with Gasteiger partial charge in [0.05, 0.1) is 0 Å². The largest absolute Gasteiger partial charge is 0.478 e. The van der Waals surface area contributed by atoms with Gasteiger partial charge in [-0.2, -0.15) is 0 Å². The molecule has 0 heterocycles. The Hall–Kier alpha value is -0.830. The third-order valence-corrected chi connectivity index (χ3v) is 2.60. The van der Waals surface area contributed by atoms with E-state index in [2.05, 4.69) is 18.8 Å². The molecule has 1 saturated carbocycles. The van der Waals surface area contributed by atoms with Crippen LogP contribution in [0.2, 0.25) is 0 Å². The minimum absolute atomic E-state index is 0.250. The molecule has 2 atom stereocenters. The molecule has 0 aliphatic heterocycles. The number of hydrogen-bond donors (Lipinski definition) is 2. The molecule has 1 fully saturated rings. The van der Waals surface area contributed by atoms with Crippen molar-refractivity contribution >= 4 is 5.97 Å². The normalized spacial score (nSPS) is 27.5. The van der Waals surface area contributed by atoms with Crippen molar-refractivity contribution in [3.8, 4) is 0 Å². The second-order valence-corrected chi connectivity index (χ2v) is 3.90. The van der Waals surface area contributed by atoms with Gasteiger partial charge < -0.3 is 10.4 Å². The van der Waals surface area contributed by atoms with Crippen molar-refractivity contribution in [1.82, 2.24) is 5.32 Å². The van der Waals surface area contributed by atoms with Crippen molar-refractivity contribution in [1.29, 1.82) is 0 Å². The maximum atomic E-state index is 10.4. The predicted molar refractivity (Wildman–Crippen MR) is 51.6 cm³/mol. The Bertz CT molecular complexity index is 213. The van der Waals surface area contributed by atoms with Crippen LogP contribution in [0.15, 0.2) is 12.2 Å². The summed E-state index contributed by atoms with van der Waals surface area (Å²) in [6.45, 7) is 6.11. The van der Waals surface area contributed by atoms with E-state index in [9.17, 15) is 4.79 Å². The third kappa shape index (κ3) is 3.19. The molecule has 0 aromatic carbocycles. The fourth-order valence-electron chi connectivity index (χ4n) is 1.74. The summed E-state index contributed by atoms with van der Waals surface area (Å²) in [5.74, 6) is -0.130. The van der Waals surface area contributed by atoms with Crippen LogP contribution in [-0.2, 0) is 4.79 Å². The second-order valence-electron chi connectivity index (χ2n) is 3.90. The van der Waals surface area contributed by atoms with E-state index in [4.69, 9.17) is 5.11 Å². The summed E-state index contributed by atoms with van der Waals surface area (Å²) < 4.78 is 0. The number of rotatable bonds is 4. The van der Waals surface area contributed by atoms with Crippen LogP contribution in [0.1, 0.15) is 26.2 Å². The lowest BCUT2D eigenvalue weighted by atomic mass is 10.1. The zero-order chi connectivity index (χ0) is 9.84. The maximum absolute atomic E-state index is 10.4. The van der Waals surface area contributed by atoms with Crippen LogP contribution < -0.4 is 5.32 Å². The first-order valence-electron chi connectivity index (χ1n) is 4.74. The quantitative estimate of drug-likeness (QED) is 0.648. The lowest BCUT2D eigenvalue weighted by Crippen LogP contribution is -2.29. The number of aliphatic carboxylic acids is 1. The van der Waals surface area contributed by atoms with Crippen LogP contribution in [0.5, 0.6) is 0 Å². The van der Waals surface area contributed by atoms with Crippen LogP contribution in [-0.4, -0.2) is 23.7 Å². The van der Waals surface area contributed by atoms with Gasteiger partial charge in [0.2, 0.25) is 0 Å². The van der Waals surface area contributed by atoms with Crippen molar-refractivity contribution in [2.75, 3.05) is 6.54 Å². The van der Waals surface area contributed by atoms with Gasteiger partial charge in [-0.25, -0.2) is 4.79 Å². The molecule has 1 aliphatic rings. The van der Waals surface area contributed by atoms with E-state index < -0.39 is 5.97 Å². The standard InChI is InChI=1S/C10H17NO2/c1-7-3-4-9(5-7)11-6-8(2)10(12)13/h7,9,11H,2-6H2,1H3,(H,12,13). The van der Waals surface area contributed by atoms with E-state index in [0.29, 0.717) is 12.6 Å². The Morgan fingerprint density at radius 2 is 2.31 bits per heavy atom. The van der Waals surface area contributed by atoms with Crippen LogP contribution in [0.3, 0.4) is 0 Å². The molecule has 13 heavy (non-hydrogen) atoms.